The monoisotopic (exact) mass is 353 g/mol. The summed E-state index contributed by atoms with van der Waals surface area (Å²) >= 11 is 0. The predicted octanol–water partition coefficient (Wildman–Crippen LogP) is 2.79. The maximum atomic E-state index is 12.6. The minimum Gasteiger partial charge on any atom is -0.366 e. The molecule has 7 nitrogen and oxygen atoms in total. The van der Waals surface area contributed by atoms with Gasteiger partial charge in [0, 0.05) is 36.2 Å². The molecular formula is C19H19N3O4. The summed E-state index contributed by atoms with van der Waals surface area (Å²) in [7, 11) is 0. The third kappa shape index (κ3) is 3.56. The van der Waals surface area contributed by atoms with Gasteiger partial charge in [0.2, 0.25) is 5.91 Å². The highest BCUT2D eigenvalue weighted by atomic mass is 16.6. The van der Waals surface area contributed by atoms with E-state index in [1.807, 2.05) is 35.2 Å². The van der Waals surface area contributed by atoms with Gasteiger partial charge >= 0.3 is 0 Å². The number of primary amides is 1. The molecule has 26 heavy (non-hydrogen) atoms. The lowest BCUT2D eigenvalue weighted by atomic mass is 9.88. The van der Waals surface area contributed by atoms with E-state index in [-0.39, 0.29) is 23.0 Å². The summed E-state index contributed by atoms with van der Waals surface area (Å²) in [6.07, 6.45) is 1.25. The molecule has 0 spiro atoms. The fourth-order valence-corrected chi connectivity index (χ4v) is 3.31. The van der Waals surface area contributed by atoms with Crippen molar-refractivity contribution in [3.63, 3.8) is 0 Å². The highest BCUT2D eigenvalue weighted by molar-refractivity contribution is 5.98. The summed E-state index contributed by atoms with van der Waals surface area (Å²) in [5, 5.41) is 11.4. The summed E-state index contributed by atoms with van der Waals surface area (Å²) < 4.78 is 0. The molecule has 0 unspecified atom stereocenters. The fraction of sp³-hybridized carbons (Fsp3) is 0.263. The first kappa shape index (κ1) is 17.6. The molecule has 1 heterocycles. The van der Waals surface area contributed by atoms with Crippen LogP contribution in [-0.2, 0) is 0 Å². The molecule has 1 fully saturated rings. The molecule has 7 heteroatoms. The summed E-state index contributed by atoms with van der Waals surface area (Å²) in [6, 6.07) is 13.4. The molecule has 1 amide bonds. The van der Waals surface area contributed by atoms with Crippen molar-refractivity contribution < 1.29 is 14.5 Å². The fourth-order valence-electron chi connectivity index (χ4n) is 3.31. The molecule has 0 atom stereocenters. The average molecular weight is 353 g/mol. The van der Waals surface area contributed by atoms with Gasteiger partial charge in [-0.1, -0.05) is 30.3 Å². The van der Waals surface area contributed by atoms with Crippen LogP contribution in [0.15, 0.2) is 48.5 Å². The summed E-state index contributed by atoms with van der Waals surface area (Å²) in [5.74, 6) is -0.673. The number of amides is 1. The Kier molecular flexibility index (Phi) is 4.97. The van der Waals surface area contributed by atoms with Crippen molar-refractivity contribution in [2.24, 2.45) is 11.7 Å². The van der Waals surface area contributed by atoms with E-state index in [2.05, 4.69) is 0 Å². The molecule has 0 aromatic heterocycles. The molecule has 1 saturated heterocycles. The zero-order chi connectivity index (χ0) is 18.7. The van der Waals surface area contributed by atoms with Crippen LogP contribution in [-0.4, -0.2) is 29.7 Å². The Labute approximate surface area is 150 Å². The predicted molar refractivity (Wildman–Crippen MR) is 97.3 cm³/mol. The third-order valence-electron chi connectivity index (χ3n) is 4.72. The number of nitro groups is 1. The van der Waals surface area contributed by atoms with E-state index >= 15 is 0 Å². The van der Waals surface area contributed by atoms with Gasteiger partial charge in [-0.05, 0) is 25.0 Å². The van der Waals surface area contributed by atoms with Crippen molar-refractivity contribution in [2.45, 2.75) is 12.8 Å². The molecule has 2 aromatic carbocycles. The second-order valence-electron chi connectivity index (χ2n) is 6.32. The van der Waals surface area contributed by atoms with Crippen molar-refractivity contribution in [2.75, 3.05) is 18.0 Å². The van der Waals surface area contributed by atoms with E-state index in [0.717, 1.165) is 0 Å². The van der Waals surface area contributed by atoms with E-state index < -0.39 is 10.8 Å². The number of Topliss-reactive ketones (excluding diaryl/α,β-unsaturated/α-hetero) is 1. The number of hydrogen-bond acceptors (Lipinski definition) is 5. The van der Waals surface area contributed by atoms with Crippen LogP contribution in [0.25, 0.3) is 0 Å². The molecule has 0 radical (unpaired) electrons. The second kappa shape index (κ2) is 7.35. The van der Waals surface area contributed by atoms with E-state index in [1.165, 1.54) is 12.1 Å². The van der Waals surface area contributed by atoms with Gasteiger partial charge in [0.1, 0.15) is 5.69 Å². The van der Waals surface area contributed by atoms with Crippen LogP contribution in [0.1, 0.15) is 33.6 Å². The van der Waals surface area contributed by atoms with Crippen LogP contribution in [0.3, 0.4) is 0 Å². The minimum absolute atomic E-state index is 0.0856. The Bertz CT molecular complexity index is 843. The number of benzene rings is 2. The van der Waals surface area contributed by atoms with Gasteiger partial charge in [0.05, 0.1) is 4.92 Å². The molecule has 2 aromatic rings. The van der Waals surface area contributed by atoms with Crippen LogP contribution < -0.4 is 10.6 Å². The summed E-state index contributed by atoms with van der Waals surface area (Å²) in [6.45, 7) is 1.08. The Balaban J connectivity index is 1.75. The van der Waals surface area contributed by atoms with Crippen LogP contribution >= 0.6 is 0 Å². The molecule has 0 aliphatic carbocycles. The molecule has 1 aliphatic rings. The van der Waals surface area contributed by atoms with Crippen LogP contribution in [0.2, 0.25) is 0 Å². The zero-order valence-electron chi connectivity index (χ0n) is 14.1. The summed E-state index contributed by atoms with van der Waals surface area (Å²) in [4.78, 5) is 36.6. The normalized spacial score (nSPS) is 14.8. The number of hydrogen-bond donors (Lipinski definition) is 1. The number of ketones is 1. The highest BCUT2D eigenvalue weighted by Gasteiger charge is 2.29. The lowest BCUT2D eigenvalue weighted by molar-refractivity contribution is -0.384. The van der Waals surface area contributed by atoms with Crippen LogP contribution in [0.4, 0.5) is 11.4 Å². The number of nitro benzene ring substituents is 1. The van der Waals surface area contributed by atoms with Crippen molar-refractivity contribution >= 4 is 23.1 Å². The Morgan fingerprint density at radius 1 is 1.04 bits per heavy atom. The van der Waals surface area contributed by atoms with Gasteiger partial charge in [0.25, 0.3) is 5.69 Å². The topological polar surface area (TPSA) is 107 Å². The molecule has 1 aliphatic heterocycles. The van der Waals surface area contributed by atoms with E-state index in [1.54, 1.807) is 6.07 Å². The molecule has 134 valence electrons. The van der Waals surface area contributed by atoms with E-state index in [4.69, 9.17) is 5.73 Å². The van der Waals surface area contributed by atoms with Gasteiger partial charge in [-0.2, -0.15) is 0 Å². The van der Waals surface area contributed by atoms with E-state index in [0.29, 0.717) is 37.2 Å². The van der Waals surface area contributed by atoms with Crippen molar-refractivity contribution in [3.05, 3.63) is 69.8 Å². The van der Waals surface area contributed by atoms with Crippen molar-refractivity contribution in [1.29, 1.82) is 0 Å². The van der Waals surface area contributed by atoms with Crippen molar-refractivity contribution in [1.82, 2.24) is 0 Å². The van der Waals surface area contributed by atoms with Gasteiger partial charge in [-0.15, -0.1) is 0 Å². The smallest absolute Gasteiger partial charge is 0.293 e. The number of rotatable bonds is 5. The van der Waals surface area contributed by atoms with Gasteiger partial charge in [0.15, 0.2) is 5.78 Å². The van der Waals surface area contributed by atoms with Gasteiger partial charge in [-0.25, -0.2) is 0 Å². The Morgan fingerprint density at radius 2 is 1.69 bits per heavy atom. The number of nitrogens with two attached hydrogens (primary N) is 1. The largest absolute Gasteiger partial charge is 0.366 e. The average Bonchev–Trinajstić information content (AvgIpc) is 2.67. The van der Waals surface area contributed by atoms with Gasteiger partial charge in [-0.3, -0.25) is 19.7 Å². The van der Waals surface area contributed by atoms with E-state index in [9.17, 15) is 19.7 Å². The number of anilines is 1. The number of carbonyl (C=O) groups is 2. The van der Waals surface area contributed by atoms with Crippen LogP contribution in [0.5, 0.6) is 0 Å². The third-order valence-corrected chi connectivity index (χ3v) is 4.72. The molecular weight excluding hydrogens is 334 g/mol. The molecule has 0 saturated carbocycles. The Hall–Kier alpha value is -3.22. The maximum Gasteiger partial charge on any atom is 0.293 e. The molecule has 0 bridgehead atoms. The highest BCUT2D eigenvalue weighted by Crippen LogP contribution is 2.33. The number of carbonyl (C=O) groups excluding carboxylic acids is 2. The first-order chi connectivity index (χ1) is 12.5. The lowest BCUT2D eigenvalue weighted by Gasteiger charge is -2.32. The quantitative estimate of drug-likeness (QED) is 0.505. The Morgan fingerprint density at radius 3 is 2.27 bits per heavy atom. The second-order valence-corrected chi connectivity index (χ2v) is 6.32. The molecule has 2 N–H and O–H groups in total. The number of nitrogens with zero attached hydrogens (tertiary/aromatic N) is 2. The molecule has 3 rings (SSSR count). The first-order valence-corrected chi connectivity index (χ1v) is 8.40. The zero-order valence-corrected chi connectivity index (χ0v) is 14.1. The minimum atomic E-state index is -0.702. The van der Waals surface area contributed by atoms with Crippen LogP contribution in [0, 0.1) is 16.0 Å². The lowest BCUT2D eigenvalue weighted by Crippen LogP contribution is -2.36. The van der Waals surface area contributed by atoms with Gasteiger partial charge < -0.3 is 10.6 Å². The number of piperidine rings is 1. The van der Waals surface area contributed by atoms with Crippen molar-refractivity contribution in [3.8, 4) is 0 Å². The first-order valence-electron chi connectivity index (χ1n) is 8.40. The SMILES string of the molecule is NC(=O)c1ccc(N2CCC(C(=O)c3ccccc3)CC2)c([N+](=O)[O-])c1. The summed E-state index contributed by atoms with van der Waals surface area (Å²) in [5.41, 5.74) is 6.31. The maximum absolute atomic E-state index is 12.6. The standard InChI is InChI=1S/C19H19N3O4/c20-19(24)15-6-7-16(17(12-15)22(25)26)21-10-8-14(9-11-21)18(23)13-4-2-1-3-5-13/h1-7,12,14H,8-11H2,(H2,20,24).